The van der Waals surface area contributed by atoms with Gasteiger partial charge in [0.1, 0.15) is 18.2 Å². The highest BCUT2D eigenvalue weighted by Crippen LogP contribution is 2.10. The second kappa shape index (κ2) is 6.46. The number of carbonyl (C=O) groups excluding carboxylic acids is 1. The standard InChI is InChI=1S/C13H13FN4O2/c14-9-1-3-10(4-2-9)20-8-7-18-13(19)11-12(15)17-6-5-16-11/h1-6H,7-8H2,(H2,15,17)(H,18,19). The van der Waals surface area contributed by atoms with Crippen LogP contribution in [0.3, 0.4) is 0 Å². The van der Waals surface area contributed by atoms with Crippen molar-refractivity contribution in [2.45, 2.75) is 0 Å². The van der Waals surface area contributed by atoms with E-state index < -0.39 is 5.91 Å². The van der Waals surface area contributed by atoms with Gasteiger partial charge in [-0.15, -0.1) is 0 Å². The summed E-state index contributed by atoms with van der Waals surface area (Å²) >= 11 is 0. The molecule has 20 heavy (non-hydrogen) atoms. The van der Waals surface area contributed by atoms with Gasteiger partial charge in [-0.1, -0.05) is 0 Å². The summed E-state index contributed by atoms with van der Waals surface area (Å²) in [5.41, 5.74) is 5.61. The normalized spacial score (nSPS) is 10.1. The van der Waals surface area contributed by atoms with Crippen molar-refractivity contribution in [1.82, 2.24) is 15.3 Å². The van der Waals surface area contributed by atoms with Gasteiger partial charge in [0.05, 0.1) is 6.54 Å². The molecule has 2 aromatic rings. The molecule has 1 amide bonds. The lowest BCUT2D eigenvalue weighted by molar-refractivity contribution is 0.0942. The molecule has 0 radical (unpaired) electrons. The summed E-state index contributed by atoms with van der Waals surface area (Å²) in [7, 11) is 0. The molecule has 0 saturated heterocycles. The molecule has 6 nitrogen and oxygen atoms in total. The quantitative estimate of drug-likeness (QED) is 0.795. The molecule has 104 valence electrons. The van der Waals surface area contributed by atoms with Gasteiger partial charge in [0.25, 0.3) is 5.91 Å². The number of carbonyl (C=O) groups is 1. The van der Waals surface area contributed by atoms with Gasteiger partial charge in [-0.3, -0.25) is 4.79 Å². The monoisotopic (exact) mass is 276 g/mol. The Hall–Kier alpha value is -2.70. The molecule has 3 N–H and O–H groups in total. The van der Waals surface area contributed by atoms with Crippen LogP contribution in [0.25, 0.3) is 0 Å². The third-order valence-corrected chi connectivity index (χ3v) is 2.41. The van der Waals surface area contributed by atoms with Gasteiger partial charge in [-0.25, -0.2) is 14.4 Å². The Kier molecular flexibility index (Phi) is 4.43. The van der Waals surface area contributed by atoms with Crippen LogP contribution in [0.5, 0.6) is 5.75 Å². The van der Waals surface area contributed by atoms with E-state index >= 15 is 0 Å². The van der Waals surface area contributed by atoms with Gasteiger partial charge in [0, 0.05) is 12.4 Å². The van der Waals surface area contributed by atoms with Crippen LogP contribution in [-0.2, 0) is 0 Å². The average Bonchev–Trinajstić information content (AvgIpc) is 2.46. The summed E-state index contributed by atoms with van der Waals surface area (Å²) in [5, 5.41) is 2.60. The van der Waals surface area contributed by atoms with Crippen LogP contribution in [0.4, 0.5) is 10.2 Å². The molecule has 0 bridgehead atoms. The number of nitrogens with one attached hydrogen (secondary N) is 1. The maximum absolute atomic E-state index is 12.7. The van der Waals surface area contributed by atoms with Crippen molar-refractivity contribution < 1.29 is 13.9 Å². The van der Waals surface area contributed by atoms with Crippen molar-refractivity contribution in [1.29, 1.82) is 0 Å². The van der Waals surface area contributed by atoms with Crippen molar-refractivity contribution in [3.63, 3.8) is 0 Å². The number of hydrogen-bond donors (Lipinski definition) is 2. The number of rotatable bonds is 5. The molecule has 1 aromatic carbocycles. The number of nitrogens with two attached hydrogens (primary N) is 1. The Balaban J connectivity index is 1.77. The van der Waals surface area contributed by atoms with E-state index in [0.29, 0.717) is 5.75 Å². The Labute approximate surface area is 114 Å². The molecular weight excluding hydrogens is 263 g/mol. The molecule has 7 heteroatoms. The van der Waals surface area contributed by atoms with E-state index in [9.17, 15) is 9.18 Å². The van der Waals surface area contributed by atoms with Gasteiger partial charge in [0.15, 0.2) is 11.5 Å². The van der Waals surface area contributed by atoms with Gasteiger partial charge in [-0.2, -0.15) is 0 Å². The number of benzene rings is 1. The molecule has 0 fully saturated rings. The van der Waals surface area contributed by atoms with Gasteiger partial charge < -0.3 is 15.8 Å². The number of aromatic nitrogens is 2. The van der Waals surface area contributed by atoms with Crippen molar-refractivity contribution in [2.75, 3.05) is 18.9 Å². The zero-order chi connectivity index (χ0) is 14.4. The van der Waals surface area contributed by atoms with Crippen LogP contribution >= 0.6 is 0 Å². The zero-order valence-corrected chi connectivity index (χ0v) is 10.5. The van der Waals surface area contributed by atoms with E-state index in [1.54, 1.807) is 0 Å². The minimum Gasteiger partial charge on any atom is -0.492 e. The van der Waals surface area contributed by atoms with Crippen LogP contribution in [0.15, 0.2) is 36.7 Å². The minimum absolute atomic E-state index is 0.0736. The number of nitrogens with zero attached hydrogens (tertiary/aromatic N) is 2. The van der Waals surface area contributed by atoms with E-state index in [0.717, 1.165) is 0 Å². The van der Waals surface area contributed by atoms with Gasteiger partial charge in [-0.05, 0) is 24.3 Å². The first-order valence-corrected chi connectivity index (χ1v) is 5.90. The van der Waals surface area contributed by atoms with E-state index in [2.05, 4.69) is 15.3 Å². The van der Waals surface area contributed by atoms with Crippen LogP contribution in [-0.4, -0.2) is 29.0 Å². The smallest absolute Gasteiger partial charge is 0.273 e. The topological polar surface area (TPSA) is 90.1 Å². The molecule has 0 aliphatic carbocycles. The molecular formula is C13H13FN4O2. The predicted molar refractivity (Wildman–Crippen MR) is 70.7 cm³/mol. The third-order valence-electron chi connectivity index (χ3n) is 2.41. The molecule has 2 rings (SSSR count). The highest BCUT2D eigenvalue weighted by Gasteiger charge is 2.10. The highest BCUT2D eigenvalue weighted by molar-refractivity contribution is 5.96. The van der Waals surface area contributed by atoms with E-state index in [4.69, 9.17) is 10.5 Å². The third kappa shape index (κ3) is 3.64. The number of halogens is 1. The average molecular weight is 276 g/mol. The summed E-state index contributed by atoms with van der Waals surface area (Å²) in [5.74, 6) is -0.147. The zero-order valence-electron chi connectivity index (χ0n) is 10.5. The Morgan fingerprint density at radius 2 is 1.95 bits per heavy atom. The first-order valence-electron chi connectivity index (χ1n) is 5.90. The largest absolute Gasteiger partial charge is 0.492 e. The van der Waals surface area contributed by atoms with E-state index in [1.807, 2.05) is 0 Å². The Morgan fingerprint density at radius 1 is 1.25 bits per heavy atom. The first kappa shape index (κ1) is 13.7. The summed E-state index contributed by atoms with van der Waals surface area (Å²) < 4.78 is 18.0. The molecule has 0 aliphatic rings. The Bertz CT molecular complexity index is 589. The maximum Gasteiger partial charge on any atom is 0.273 e. The van der Waals surface area contributed by atoms with Crippen LogP contribution < -0.4 is 15.8 Å². The lowest BCUT2D eigenvalue weighted by Gasteiger charge is -2.08. The number of ether oxygens (including phenoxy) is 1. The SMILES string of the molecule is Nc1nccnc1C(=O)NCCOc1ccc(F)cc1. The number of nitrogen functional groups attached to an aromatic ring is 1. The maximum atomic E-state index is 12.7. The lowest BCUT2D eigenvalue weighted by Crippen LogP contribution is -2.29. The number of hydrogen-bond acceptors (Lipinski definition) is 5. The fourth-order valence-corrected chi connectivity index (χ4v) is 1.47. The molecule has 0 spiro atoms. The molecule has 1 heterocycles. The summed E-state index contributed by atoms with van der Waals surface area (Å²) in [4.78, 5) is 19.3. The van der Waals surface area contributed by atoms with Gasteiger partial charge in [0.2, 0.25) is 0 Å². The molecule has 0 atom stereocenters. The summed E-state index contributed by atoms with van der Waals surface area (Å²) in [6, 6.07) is 5.62. The summed E-state index contributed by atoms with van der Waals surface area (Å²) in [6.07, 6.45) is 2.80. The first-order chi connectivity index (χ1) is 9.66. The fraction of sp³-hybridized carbons (Fsp3) is 0.154. The number of amides is 1. The lowest BCUT2D eigenvalue weighted by atomic mass is 10.3. The summed E-state index contributed by atoms with van der Waals surface area (Å²) in [6.45, 7) is 0.518. The van der Waals surface area contributed by atoms with Crippen molar-refractivity contribution in [3.8, 4) is 5.75 Å². The van der Waals surface area contributed by atoms with Crippen molar-refractivity contribution >= 4 is 11.7 Å². The molecule has 0 unspecified atom stereocenters. The highest BCUT2D eigenvalue weighted by atomic mass is 19.1. The molecule has 0 aliphatic heterocycles. The molecule has 1 aromatic heterocycles. The van der Waals surface area contributed by atoms with Crippen LogP contribution in [0, 0.1) is 5.82 Å². The fourth-order valence-electron chi connectivity index (χ4n) is 1.47. The van der Waals surface area contributed by atoms with Crippen molar-refractivity contribution in [3.05, 3.63) is 48.2 Å². The van der Waals surface area contributed by atoms with Crippen LogP contribution in [0.2, 0.25) is 0 Å². The molecule has 0 saturated carbocycles. The minimum atomic E-state index is -0.418. The van der Waals surface area contributed by atoms with E-state index in [-0.39, 0.29) is 30.5 Å². The van der Waals surface area contributed by atoms with E-state index in [1.165, 1.54) is 36.7 Å². The Morgan fingerprint density at radius 3 is 2.65 bits per heavy atom. The second-order valence-corrected chi connectivity index (χ2v) is 3.85. The second-order valence-electron chi connectivity index (χ2n) is 3.85. The van der Waals surface area contributed by atoms with Gasteiger partial charge >= 0.3 is 0 Å². The predicted octanol–water partition coefficient (Wildman–Crippen LogP) is 1.01. The van der Waals surface area contributed by atoms with Crippen LogP contribution in [0.1, 0.15) is 10.5 Å². The van der Waals surface area contributed by atoms with Crippen molar-refractivity contribution in [2.24, 2.45) is 0 Å². The number of anilines is 1.